The minimum absolute atomic E-state index is 0.00540. The van der Waals surface area contributed by atoms with E-state index >= 15 is 0 Å². The monoisotopic (exact) mass is 199 g/mol. The number of halogens is 2. The molecule has 0 saturated carbocycles. The van der Waals surface area contributed by atoms with Gasteiger partial charge in [-0.15, -0.1) is 0 Å². The summed E-state index contributed by atoms with van der Waals surface area (Å²) >= 11 is 5.22. The molecule has 0 spiro atoms. The van der Waals surface area contributed by atoms with Gasteiger partial charge >= 0.3 is 0 Å². The van der Waals surface area contributed by atoms with E-state index < -0.39 is 11.1 Å². The van der Waals surface area contributed by atoms with Crippen LogP contribution in [0.25, 0.3) is 11.1 Å². The molecule has 0 aliphatic heterocycles. The minimum atomic E-state index is -0.763. The van der Waals surface area contributed by atoms with Gasteiger partial charge in [-0.2, -0.15) is 0 Å². The maximum Gasteiger partial charge on any atom is 0.256 e. The first-order valence-corrected chi connectivity index (χ1v) is 3.79. The molecule has 0 bridgehead atoms. The van der Waals surface area contributed by atoms with Crippen LogP contribution in [0, 0.1) is 5.82 Å². The average molecular weight is 200 g/mol. The van der Waals surface area contributed by atoms with Crippen LogP contribution in [0.2, 0.25) is 0 Å². The van der Waals surface area contributed by atoms with E-state index in [4.69, 9.17) is 16.0 Å². The van der Waals surface area contributed by atoms with Crippen LogP contribution in [0.15, 0.2) is 22.9 Å². The van der Waals surface area contributed by atoms with E-state index in [9.17, 15) is 9.18 Å². The predicted octanol–water partition coefficient (Wildman–Crippen LogP) is 2.35. The van der Waals surface area contributed by atoms with Crippen LogP contribution in [0.1, 0.15) is 10.4 Å². The van der Waals surface area contributed by atoms with Crippen molar-refractivity contribution in [3.63, 3.8) is 0 Å². The summed E-state index contributed by atoms with van der Waals surface area (Å²) < 4.78 is 17.7. The highest BCUT2D eigenvalue weighted by Gasteiger charge is 2.13. The Bertz CT molecular complexity index is 480. The first-order valence-electron chi connectivity index (χ1n) is 3.41. The largest absolute Gasteiger partial charge is 0.443 e. The van der Waals surface area contributed by atoms with Crippen molar-refractivity contribution in [1.29, 1.82) is 0 Å². The molecule has 0 fully saturated rings. The van der Waals surface area contributed by atoms with Crippen molar-refractivity contribution in [3.8, 4) is 0 Å². The summed E-state index contributed by atoms with van der Waals surface area (Å²) in [5, 5.41) is -0.763. The topological polar surface area (TPSA) is 43.1 Å². The Morgan fingerprint density at radius 2 is 2.31 bits per heavy atom. The molecule has 1 heterocycles. The van der Waals surface area contributed by atoms with Crippen LogP contribution >= 0.6 is 11.6 Å². The lowest BCUT2D eigenvalue weighted by molar-refractivity contribution is 0.108. The van der Waals surface area contributed by atoms with Crippen LogP contribution in [0.4, 0.5) is 4.39 Å². The van der Waals surface area contributed by atoms with Crippen LogP contribution in [0.3, 0.4) is 0 Å². The van der Waals surface area contributed by atoms with Gasteiger partial charge in [0.1, 0.15) is 11.3 Å². The zero-order valence-electron chi connectivity index (χ0n) is 6.25. The summed E-state index contributed by atoms with van der Waals surface area (Å²) in [5.74, 6) is -0.564. The van der Waals surface area contributed by atoms with Gasteiger partial charge < -0.3 is 4.42 Å². The minimum Gasteiger partial charge on any atom is -0.443 e. The molecule has 5 heteroatoms. The Kier molecular flexibility index (Phi) is 1.77. The van der Waals surface area contributed by atoms with Crippen molar-refractivity contribution >= 4 is 27.9 Å². The smallest absolute Gasteiger partial charge is 0.256 e. The van der Waals surface area contributed by atoms with Gasteiger partial charge in [-0.25, -0.2) is 9.37 Å². The third-order valence-corrected chi connectivity index (χ3v) is 1.81. The molecular formula is C8H3ClFNO2. The Hall–Kier alpha value is -1.42. The van der Waals surface area contributed by atoms with Crippen LogP contribution in [-0.2, 0) is 0 Å². The summed E-state index contributed by atoms with van der Waals surface area (Å²) in [6.07, 6.45) is 1.13. The van der Waals surface area contributed by atoms with E-state index in [2.05, 4.69) is 4.98 Å². The summed E-state index contributed by atoms with van der Waals surface area (Å²) in [6, 6.07) is 2.19. The highest BCUT2D eigenvalue weighted by molar-refractivity contribution is 6.68. The van der Waals surface area contributed by atoms with Crippen molar-refractivity contribution in [2.24, 2.45) is 0 Å². The quantitative estimate of drug-likeness (QED) is 0.662. The zero-order valence-corrected chi connectivity index (χ0v) is 7.01. The molecule has 0 atom stereocenters. The van der Waals surface area contributed by atoms with Crippen molar-refractivity contribution in [3.05, 3.63) is 29.9 Å². The SMILES string of the molecule is O=C(Cl)c1cc(F)cc2ncoc12. The molecule has 0 aliphatic rings. The van der Waals surface area contributed by atoms with Crippen molar-refractivity contribution in [2.75, 3.05) is 0 Å². The third-order valence-electron chi connectivity index (χ3n) is 1.61. The Balaban J connectivity index is 2.84. The number of nitrogens with zero attached hydrogens (tertiary/aromatic N) is 1. The van der Waals surface area contributed by atoms with Gasteiger partial charge in [0.25, 0.3) is 5.24 Å². The van der Waals surface area contributed by atoms with Crippen LogP contribution < -0.4 is 0 Å². The number of carbonyl (C=O) groups is 1. The molecule has 0 aliphatic carbocycles. The second-order valence-electron chi connectivity index (χ2n) is 2.43. The molecule has 0 N–H and O–H groups in total. The Labute approximate surface area is 77.1 Å². The third kappa shape index (κ3) is 1.29. The summed E-state index contributed by atoms with van der Waals surface area (Å²) in [4.78, 5) is 14.5. The van der Waals surface area contributed by atoms with E-state index in [1.165, 1.54) is 6.07 Å². The van der Waals surface area contributed by atoms with Gasteiger partial charge in [0.15, 0.2) is 12.0 Å². The molecule has 0 saturated heterocycles. The molecule has 3 nitrogen and oxygen atoms in total. The highest BCUT2D eigenvalue weighted by Crippen LogP contribution is 2.20. The first-order chi connectivity index (χ1) is 6.18. The fraction of sp³-hybridized carbons (Fsp3) is 0. The lowest BCUT2D eigenvalue weighted by atomic mass is 10.2. The number of carbonyl (C=O) groups excluding carboxylic acids is 1. The molecule has 13 heavy (non-hydrogen) atoms. The maximum absolute atomic E-state index is 12.8. The molecule has 2 rings (SSSR count). The van der Waals surface area contributed by atoms with Crippen LogP contribution in [0.5, 0.6) is 0 Å². The van der Waals surface area contributed by atoms with Gasteiger partial charge in [0.2, 0.25) is 0 Å². The van der Waals surface area contributed by atoms with E-state index in [0.29, 0.717) is 0 Å². The van der Waals surface area contributed by atoms with Gasteiger partial charge in [0.05, 0.1) is 5.56 Å². The van der Waals surface area contributed by atoms with Gasteiger partial charge in [0, 0.05) is 6.07 Å². The maximum atomic E-state index is 12.8. The number of fused-ring (bicyclic) bond motifs is 1. The van der Waals surface area contributed by atoms with Crippen molar-refractivity contribution in [2.45, 2.75) is 0 Å². The molecule has 2 aromatic rings. The predicted molar refractivity (Wildman–Crippen MR) is 44.2 cm³/mol. The number of benzene rings is 1. The standard InChI is InChI=1S/C8H3ClFNO2/c9-8(12)5-1-4(10)2-6-7(5)13-3-11-6/h1-3H. The van der Waals surface area contributed by atoms with Crippen molar-refractivity contribution in [1.82, 2.24) is 4.98 Å². The first kappa shape index (κ1) is 8.19. The average Bonchev–Trinajstić information content (AvgIpc) is 2.49. The molecule has 0 radical (unpaired) electrons. The lowest BCUT2D eigenvalue weighted by Crippen LogP contribution is -1.91. The molecule has 66 valence electrons. The van der Waals surface area contributed by atoms with E-state index in [0.717, 1.165) is 12.5 Å². The number of aromatic nitrogens is 1. The fourth-order valence-corrected chi connectivity index (χ4v) is 1.22. The second kappa shape index (κ2) is 2.81. The van der Waals surface area contributed by atoms with Gasteiger partial charge in [-0.1, -0.05) is 0 Å². The normalized spacial score (nSPS) is 10.6. The fourth-order valence-electron chi connectivity index (χ4n) is 1.08. The summed E-state index contributed by atoms with van der Waals surface area (Å²) in [6.45, 7) is 0. The lowest BCUT2D eigenvalue weighted by Gasteiger charge is -1.94. The molecule has 1 aromatic carbocycles. The van der Waals surface area contributed by atoms with Crippen molar-refractivity contribution < 1.29 is 13.6 Å². The van der Waals surface area contributed by atoms with E-state index in [-0.39, 0.29) is 16.7 Å². The van der Waals surface area contributed by atoms with Gasteiger partial charge in [-0.3, -0.25) is 4.79 Å². The number of hydrogen-bond donors (Lipinski definition) is 0. The van der Waals surface area contributed by atoms with E-state index in [1.807, 2.05) is 0 Å². The summed E-state index contributed by atoms with van der Waals surface area (Å²) in [5.41, 5.74) is 0.486. The number of rotatable bonds is 1. The van der Waals surface area contributed by atoms with Crippen LogP contribution in [-0.4, -0.2) is 10.2 Å². The van der Waals surface area contributed by atoms with Gasteiger partial charge in [-0.05, 0) is 17.7 Å². The molecule has 1 aromatic heterocycles. The Morgan fingerprint density at radius 1 is 1.54 bits per heavy atom. The molecule has 0 amide bonds. The Morgan fingerprint density at radius 3 is 3.00 bits per heavy atom. The highest BCUT2D eigenvalue weighted by atomic mass is 35.5. The number of hydrogen-bond acceptors (Lipinski definition) is 3. The zero-order chi connectivity index (χ0) is 9.42. The second-order valence-corrected chi connectivity index (χ2v) is 2.77. The number of oxazole rings is 1. The molecule has 0 unspecified atom stereocenters. The van der Waals surface area contributed by atoms with E-state index in [1.54, 1.807) is 0 Å². The molecular weight excluding hydrogens is 197 g/mol. The summed E-state index contributed by atoms with van der Waals surface area (Å²) in [7, 11) is 0.